The lowest BCUT2D eigenvalue weighted by molar-refractivity contribution is -0.160. The van der Waals surface area contributed by atoms with Gasteiger partial charge in [0.1, 0.15) is 18.3 Å². The number of halogens is 1. The monoisotopic (exact) mass is 345 g/mol. The van der Waals surface area contributed by atoms with Crippen molar-refractivity contribution in [1.82, 2.24) is 4.90 Å². The van der Waals surface area contributed by atoms with Gasteiger partial charge in [-0.15, -0.1) is 0 Å². The SMILES string of the molecule is C=C(N)/C=C\N(C(N)=O)[C@@H]1O[C@H]([C@H](C)OC(=O)CC)[C@@H](O)[C@]1(C)F. The summed E-state index contributed by atoms with van der Waals surface area (Å²) < 4.78 is 25.5. The predicted molar refractivity (Wildman–Crippen MR) is 83.9 cm³/mol. The van der Waals surface area contributed by atoms with Crippen molar-refractivity contribution in [3.8, 4) is 0 Å². The van der Waals surface area contributed by atoms with Crippen LogP contribution in [0.25, 0.3) is 0 Å². The lowest BCUT2D eigenvalue weighted by Gasteiger charge is -2.30. The molecule has 9 heteroatoms. The zero-order valence-corrected chi connectivity index (χ0v) is 13.9. The molecule has 1 aliphatic rings. The van der Waals surface area contributed by atoms with Gasteiger partial charge in [-0.2, -0.15) is 0 Å². The summed E-state index contributed by atoms with van der Waals surface area (Å²) in [4.78, 5) is 23.7. The van der Waals surface area contributed by atoms with Gasteiger partial charge in [0, 0.05) is 18.3 Å². The molecule has 1 rings (SSSR count). The van der Waals surface area contributed by atoms with E-state index in [2.05, 4.69) is 6.58 Å². The Labute approximate surface area is 139 Å². The number of carbonyl (C=O) groups is 2. The molecule has 1 fully saturated rings. The minimum Gasteiger partial charge on any atom is -0.460 e. The second kappa shape index (κ2) is 7.63. The smallest absolute Gasteiger partial charge is 0.321 e. The summed E-state index contributed by atoms with van der Waals surface area (Å²) in [5.41, 5.74) is 8.38. The van der Waals surface area contributed by atoms with Gasteiger partial charge >= 0.3 is 12.0 Å². The summed E-state index contributed by atoms with van der Waals surface area (Å²) in [6.07, 6.45) is -2.77. The lowest BCUT2D eigenvalue weighted by atomic mass is 9.95. The Hall–Kier alpha value is -2.13. The fourth-order valence-electron chi connectivity index (χ4n) is 2.33. The van der Waals surface area contributed by atoms with Gasteiger partial charge in [-0.3, -0.25) is 9.69 Å². The number of rotatable bonds is 6. The van der Waals surface area contributed by atoms with Crippen LogP contribution >= 0.6 is 0 Å². The van der Waals surface area contributed by atoms with E-state index >= 15 is 0 Å². The molecule has 136 valence electrons. The van der Waals surface area contributed by atoms with Gasteiger partial charge < -0.3 is 26.0 Å². The van der Waals surface area contributed by atoms with Crippen LogP contribution in [0.15, 0.2) is 24.6 Å². The van der Waals surface area contributed by atoms with Gasteiger partial charge in [-0.05, 0) is 19.9 Å². The van der Waals surface area contributed by atoms with Crippen molar-refractivity contribution in [2.24, 2.45) is 11.5 Å². The molecule has 5 N–H and O–H groups in total. The molecule has 1 aliphatic heterocycles. The molecule has 5 atom stereocenters. The molecule has 0 bridgehead atoms. The van der Waals surface area contributed by atoms with E-state index in [1.807, 2.05) is 0 Å². The van der Waals surface area contributed by atoms with Crippen LogP contribution in [-0.2, 0) is 14.3 Å². The molecule has 1 heterocycles. The third-order valence-corrected chi connectivity index (χ3v) is 3.68. The maximum absolute atomic E-state index is 15.0. The van der Waals surface area contributed by atoms with Crippen LogP contribution in [0.4, 0.5) is 9.18 Å². The van der Waals surface area contributed by atoms with Crippen LogP contribution < -0.4 is 11.5 Å². The minimum absolute atomic E-state index is 0.113. The molecule has 0 radical (unpaired) electrons. The van der Waals surface area contributed by atoms with Crippen molar-refractivity contribution in [3.63, 3.8) is 0 Å². The number of aliphatic hydroxyl groups is 1. The maximum atomic E-state index is 15.0. The number of aliphatic hydroxyl groups excluding tert-OH is 1. The van der Waals surface area contributed by atoms with Crippen LogP contribution in [0.1, 0.15) is 27.2 Å². The number of primary amides is 1. The summed E-state index contributed by atoms with van der Waals surface area (Å²) in [5, 5.41) is 10.2. The molecule has 0 aromatic rings. The van der Waals surface area contributed by atoms with E-state index < -0.39 is 42.2 Å². The average Bonchev–Trinajstić information content (AvgIpc) is 2.70. The quantitative estimate of drug-likeness (QED) is 0.475. The number of urea groups is 1. The van der Waals surface area contributed by atoms with Gasteiger partial charge in [0.05, 0.1) is 0 Å². The molecule has 0 aliphatic carbocycles. The Morgan fingerprint density at radius 1 is 1.54 bits per heavy atom. The topological polar surface area (TPSA) is 128 Å². The number of carbonyl (C=O) groups excluding carboxylic acids is 2. The van der Waals surface area contributed by atoms with Gasteiger partial charge in [0.2, 0.25) is 0 Å². The highest BCUT2D eigenvalue weighted by molar-refractivity contribution is 5.73. The van der Waals surface area contributed by atoms with Crippen molar-refractivity contribution >= 4 is 12.0 Å². The van der Waals surface area contributed by atoms with Gasteiger partial charge in [0.25, 0.3) is 0 Å². The zero-order chi connectivity index (χ0) is 18.7. The summed E-state index contributed by atoms with van der Waals surface area (Å²) in [6.45, 7) is 7.55. The first-order valence-electron chi connectivity index (χ1n) is 7.44. The lowest BCUT2D eigenvalue weighted by Crippen LogP contribution is -2.51. The van der Waals surface area contributed by atoms with Crippen molar-refractivity contribution in [2.45, 2.75) is 57.4 Å². The number of hydrogen-bond acceptors (Lipinski definition) is 6. The van der Waals surface area contributed by atoms with E-state index in [1.165, 1.54) is 13.0 Å². The number of allylic oxidation sites excluding steroid dienone is 1. The van der Waals surface area contributed by atoms with Crippen molar-refractivity contribution in [1.29, 1.82) is 0 Å². The fourth-order valence-corrected chi connectivity index (χ4v) is 2.33. The number of esters is 1. The molecule has 0 spiro atoms. The van der Waals surface area contributed by atoms with Crippen LogP contribution in [0, 0.1) is 0 Å². The largest absolute Gasteiger partial charge is 0.460 e. The number of nitrogens with two attached hydrogens (primary N) is 2. The fraction of sp³-hybridized carbons (Fsp3) is 0.600. The molecule has 0 unspecified atom stereocenters. The van der Waals surface area contributed by atoms with Gasteiger partial charge in [-0.1, -0.05) is 13.5 Å². The molecule has 0 aromatic heterocycles. The first-order chi connectivity index (χ1) is 11.0. The third-order valence-electron chi connectivity index (χ3n) is 3.68. The third kappa shape index (κ3) is 4.24. The van der Waals surface area contributed by atoms with Crippen LogP contribution in [0.2, 0.25) is 0 Å². The van der Waals surface area contributed by atoms with Crippen LogP contribution in [0.3, 0.4) is 0 Å². The number of amides is 2. The molecule has 24 heavy (non-hydrogen) atoms. The van der Waals surface area contributed by atoms with E-state index in [-0.39, 0.29) is 12.1 Å². The number of ether oxygens (including phenoxy) is 2. The second-order valence-electron chi connectivity index (χ2n) is 5.73. The maximum Gasteiger partial charge on any atom is 0.321 e. The van der Waals surface area contributed by atoms with Gasteiger partial charge in [-0.25, -0.2) is 9.18 Å². The summed E-state index contributed by atoms with van der Waals surface area (Å²) in [6, 6.07) is -1.01. The van der Waals surface area contributed by atoms with E-state index in [9.17, 15) is 19.1 Å². The Bertz CT molecular complexity index is 537. The molecule has 8 nitrogen and oxygen atoms in total. The van der Waals surface area contributed by atoms with Crippen LogP contribution in [0.5, 0.6) is 0 Å². The van der Waals surface area contributed by atoms with Crippen molar-refractivity contribution < 1.29 is 28.6 Å². The zero-order valence-electron chi connectivity index (χ0n) is 13.9. The Balaban J connectivity index is 3.05. The van der Waals surface area contributed by atoms with E-state index in [0.29, 0.717) is 0 Å². The molecule has 2 amide bonds. The minimum atomic E-state index is -2.35. The predicted octanol–water partition coefficient (Wildman–Crippen LogP) is 0.509. The molecule has 0 saturated carbocycles. The second-order valence-corrected chi connectivity index (χ2v) is 5.73. The molecule has 0 aromatic carbocycles. The van der Waals surface area contributed by atoms with Crippen molar-refractivity contribution in [3.05, 3.63) is 24.6 Å². The number of nitrogens with zero attached hydrogens (tertiary/aromatic N) is 1. The first kappa shape index (κ1) is 19.9. The molecular weight excluding hydrogens is 321 g/mol. The average molecular weight is 345 g/mol. The molecular formula is C15H24FN3O5. The normalized spacial score (nSPS) is 31.0. The summed E-state index contributed by atoms with van der Waals surface area (Å²) in [7, 11) is 0. The number of hydrogen-bond donors (Lipinski definition) is 3. The molecule has 1 saturated heterocycles. The van der Waals surface area contributed by atoms with E-state index in [0.717, 1.165) is 18.0 Å². The summed E-state index contributed by atoms with van der Waals surface area (Å²) in [5.74, 6) is -0.520. The highest BCUT2D eigenvalue weighted by atomic mass is 19.1. The highest BCUT2D eigenvalue weighted by Crippen LogP contribution is 2.38. The Morgan fingerprint density at radius 3 is 2.58 bits per heavy atom. The Kier molecular flexibility index (Phi) is 6.33. The number of alkyl halides is 1. The van der Waals surface area contributed by atoms with Crippen molar-refractivity contribution in [2.75, 3.05) is 0 Å². The van der Waals surface area contributed by atoms with E-state index in [1.54, 1.807) is 6.92 Å². The first-order valence-corrected chi connectivity index (χ1v) is 7.44. The standard InChI is InChI=1S/C15H24FN3O5/c1-5-10(20)23-9(3)11-12(21)15(4,16)13(24-11)19(14(18)22)7-6-8(2)17/h6-7,9,11-13,21H,2,5,17H2,1,3-4H3,(H2,18,22)/b7-6-/t9-,11+,12+,13+,15-/m0/s1. The van der Waals surface area contributed by atoms with Crippen LogP contribution in [-0.4, -0.2) is 52.2 Å². The Morgan fingerprint density at radius 2 is 2.12 bits per heavy atom. The highest BCUT2D eigenvalue weighted by Gasteiger charge is 2.58. The van der Waals surface area contributed by atoms with Gasteiger partial charge in [0.15, 0.2) is 11.9 Å². The van der Waals surface area contributed by atoms with E-state index in [4.69, 9.17) is 20.9 Å². The summed E-state index contributed by atoms with van der Waals surface area (Å²) >= 11 is 0.